The van der Waals surface area contributed by atoms with E-state index in [0.717, 1.165) is 0 Å². The van der Waals surface area contributed by atoms with Gasteiger partial charge in [-0.2, -0.15) is 0 Å². The minimum absolute atomic E-state index is 0.303. The van der Waals surface area contributed by atoms with E-state index in [1.54, 1.807) is 49.4 Å². The molecule has 0 bridgehead atoms. The minimum Gasteiger partial charge on any atom is -0.462 e. The molecule has 0 aliphatic heterocycles. The lowest BCUT2D eigenvalue weighted by atomic mass is 10.2. The maximum Gasteiger partial charge on any atom is 0.341 e. The van der Waals surface area contributed by atoms with E-state index < -0.39 is 5.97 Å². The highest BCUT2D eigenvalue weighted by atomic mass is 16.5. The third kappa shape index (κ3) is 3.00. The molecule has 0 aliphatic rings. The quantitative estimate of drug-likeness (QED) is 0.660. The Morgan fingerprint density at radius 1 is 1.10 bits per heavy atom. The first-order chi connectivity index (χ1) is 9.61. The topological polar surface area (TPSA) is 87.6 Å². The molecule has 5 nitrogen and oxygen atoms in total. The third-order valence-electron chi connectivity index (χ3n) is 2.64. The molecule has 0 radical (unpaired) electrons. The molecule has 0 aromatic heterocycles. The zero-order valence-electron chi connectivity index (χ0n) is 11.1. The van der Waals surface area contributed by atoms with Gasteiger partial charge in [-0.3, -0.25) is 0 Å². The number of carbonyl (C=O) groups is 1. The first-order valence-corrected chi connectivity index (χ1v) is 6.21. The molecule has 0 amide bonds. The molecule has 0 fully saturated rings. The van der Waals surface area contributed by atoms with Crippen molar-refractivity contribution in [1.29, 1.82) is 0 Å². The molecule has 0 spiro atoms. The fourth-order valence-electron chi connectivity index (χ4n) is 1.71. The molecule has 0 aliphatic carbocycles. The number of nitrogens with two attached hydrogens (primary N) is 2. The summed E-state index contributed by atoms with van der Waals surface area (Å²) >= 11 is 0. The Hall–Kier alpha value is -2.69. The molecular weight excluding hydrogens is 256 g/mol. The van der Waals surface area contributed by atoms with Gasteiger partial charge in [-0.25, -0.2) is 4.79 Å². The molecule has 104 valence electrons. The second kappa shape index (κ2) is 5.97. The number of hydrogen-bond acceptors (Lipinski definition) is 5. The number of rotatable bonds is 4. The van der Waals surface area contributed by atoms with Gasteiger partial charge in [0, 0.05) is 5.69 Å². The lowest BCUT2D eigenvalue weighted by Crippen LogP contribution is -2.06. The lowest BCUT2D eigenvalue weighted by Gasteiger charge is -2.12. The van der Waals surface area contributed by atoms with Gasteiger partial charge in [0.2, 0.25) is 0 Å². The van der Waals surface area contributed by atoms with Crippen molar-refractivity contribution in [2.45, 2.75) is 6.92 Å². The molecule has 2 aromatic carbocycles. The van der Waals surface area contributed by atoms with Gasteiger partial charge in [0.15, 0.2) is 0 Å². The highest BCUT2D eigenvalue weighted by Crippen LogP contribution is 2.31. The monoisotopic (exact) mass is 272 g/mol. The molecule has 0 saturated carbocycles. The van der Waals surface area contributed by atoms with Crippen molar-refractivity contribution in [3.63, 3.8) is 0 Å². The zero-order chi connectivity index (χ0) is 14.5. The Morgan fingerprint density at radius 2 is 1.85 bits per heavy atom. The van der Waals surface area contributed by atoms with Gasteiger partial charge < -0.3 is 20.9 Å². The molecule has 4 N–H and O–H groups in total. The van der Waals surface area contributed by atoms with Crippen LogP contribution in [0.5, 0.6) is 11.5 Å². The summed E-state index contributed by atoms with van der Waals surface area (Å²) < 4.78 is 10.7. The Balaban J connectivity index is 2.31. The van der Waals surface area contributed by atoms with Crippen molar-refractivity contribution in [1.82, 2.24) is 0 Å². The summed E-state index contributed by atoms with van der Waals surface area (Å²) in [5.74, 6) is 0.399. The molecule has 20 heavy (non-hydrogen) atoms. The van der Waals surface area contributed by atoms with Gasteiger partial charge in [-0.1, -0.05) is 12.1 Å². The predicted molar refractivity (Wildman–Crippen MR) is 77.7 cm³/mol. The van der Waals surface area contributed by atoms with E-state index in [-0.39, 0.29) is 0 Å². The van der Waals surface area contributed by atoms with Crippen LogP contribution in [0.1, 0.15) is 17.3 Å². The van der Waals surface area contributed by atoms with Gasteiger partial charge in [0.05, 0.1) is 12.3 Å². The van der Waals surface area contributed by atoms with Gasteiger partial charge in [0.1, 0.15) is 17.1 Å². The van der Waals surface area contributed by atoms with Crippen molar-refractivity contribution < 1.29 is 14.3 Å². The maximum absolute atomic E-state index is 11.8. The number of hydrogen-bond donors (Lipinski definition) is 2. The summed E-state index contributed by atoms with van der Waals surface area (Å²) in [5, 5.41) is 0. The van der Waals surface area contributed by atoms with Crippen molar-refractivity contribution in [2.75, 3.05) is 18.1 Å². The fourth-order valence-corrected chi connectivity index (χ4v) is 1.71. The summed E-state index contributed by atoms with van der Waals surface area (Å²) in [7, 11) is 0. The molecule has 2 aromatic rings. The number of nitrogen functional groups attached to an aromatic ring is 2. The van der Waals surface area contributed by atoms with E-state index in [1.807, 2.05) is 0 Å². The number of esters is 1. The Labute approximate surface area is 117 Å². The van der Waals surface area contributed by atoms with Crippen LogP contribution in [0.25, 0.3) is 0 Å². The minimum atomic E-state index is -0.433. The third-order valence-corrected chi connectivity index (χ3v) is 2.64. The summed E-state index contributed by atoms with van der Waals surface area (Å²) in [6.07, 6.45) is 0. The highest BCUT2D eigenvalue weighted by Gasteiger charge is 2.14. The average molecular weight is 272 g/mol. The highest BCUT2D eigenvalue weighted by molar-refractivity contribution is 5.92. The van der Waals surface area contributed by atoms with Crippen LogP contribution in [-0.4, -0.2) is 12.6 Å². The molecule has 0 unspecified atom stereocenters. The largest absolute Gasteiger partial charge is 0.462 e. The van der Waals surface area contributed by atoms with Crippen molar-refractivity contribution in [3.8, 4) is 11.5 Å². The average Bonchev–Trinajstić information content (AvgIpc) is 2.43. The number of ether oxygens (including phenoxy) is 2. The lowest BCUT2D eigenvalue weighted by molar-refractivity contribution is 0.0523. The Bertz CT molecular complexity index is 626. The van der Waals surface area contributed by atoms with Crippen LogP contribution < -0.4 is 16.2 Å². The second-order valence-electron chi connectivity index (χ2n) is 4.12. The van der Waals surface area contributed by atoms with Gasteiger partial charge in [-0.05, 0) is 37.3 Å². The Kier molecular flexibility index (Phi) is 4.10. The van der Waals surface area contributed by atoms with Crippen LogP contribution in [-0.2, 0) is 4.74 Å². The molecule has 0 atom stereocenters. The van der Waals surface area contributed by atoms with Crippen LogP contribution in [0.2, 0.25) is 0 Å². The number of anilines is 2. The molecule has 0 heterocycles. The van der Waals surface area contributed by atoms with E-state index in [4.69, 9.17) is 20.9 Å². The van der Waals surface area contributed by atoms with Crippen LogP contribution in [0.3, 0.4) is 0 Å². The zero-order valence-corrected chi connectivity index (χ0v) is 11.1. The standard InChI is InChI=1S/C15H16N2O3/c1-2-19-15(18)11-5-3-4-6-13(11)20-14-8-7-10(16)9-12(14)17/h3-9H,2,16-17H2,1H3. The van der Waals surface area contributed by atoms with Crippen molar-refractivity contribution >= 4 is 17.3 Å². The normalized spacial score (nSPS) is 10.1. The molecule has 0 saturated heterocycles. The van der Waals surface area contributed by atoms with Crippen molar-refractivity contribution in [2.24, 2.45) is 0 Å². The molecular formula is C15H16N2O3. The van der Waals surface area contributed by atoms with E-state index in [1.165, 1.54) is 0 Å². The second-order valence-corrected chi connectivity index (χ2v) is 4.12. The van der Waals surface area contributed by atoms with Gasteiger partial charge >= 0.3 is 5.97 Å². The SMILES string of the molecule is CCOC(=O)c1ccccc1Oc1ccc(N)cc1N. The van der Waals surface area contributed by atoms with E-state index >= 15 is 0 Å². The van der Waals surface area contributed by atoms with Crippen LogP contribution in [0.4, 0.5) is 11.4 Å². The number of benzene rings is 2. The smallest absolute Gasteiger partial charge is 0.341 e. The van der Waals surface area contributed by atoms with Crippen LogP contribution in [0.15, 0.2) is 42.5 Å². The molecule has 5 heteroatoms. The fraction of sp³-hybridized carbons (Fsp3) is 0.133. The molecule has 2 rings (SSSR count). The summed E-state index contributed by atoms with van der Waals surface area (Å²) in [4.78, 5) is 11.8. The Morgan fingerprint density at radius 3 is 2.55 bits per heavy atom. The predicted octanol–water partition coefficient (Wildman–Crippen LogP) is 2.82. The first-order valence-electron chi connectivity index (χ1n) is 6.21. The first kappa shape index (κ1) is 13.7. The van der Waals surface area contributed by atoms with Gasteiger partial charge in [-0.15, -0.1) is 0 Å². The van der Waals surface area contributed by atoms with Gasteiger partial charge in [0.25, 0.3) is 0 Å². The van der Waals surface area contributed by atoms with Crippen LogP contribution >= 0.6 is 0 Å². The van der Waals surface area contributed by atoms with E-state index in [2.05, 4.69) is 0 Å². The summed E-state index contributed by atoms with van der Waals surface area (Å²) in [6, 6.07) is 11.8. The maximum atomic E-state index is 11.8. The van der Waals surface area contributed by atoms with E-state index in [9.17, 15) is 4.79 Å². The number of carbonyl (C=O) groups excluding carboxylic acids is 1. The van der Waals surface area contributed by atoms with E-state index in [0.29, 0.717) is 35.0 Å². The number of para-hydroxylation sites is 1. The van der Waals surface area contributed by atoms with Crippen molar-refractivity contribution in [3.05, 3.63) is 48.0 Å². The summed E-state index contributed by atoms with van der Waals surface area (Å²) in [6.45, 7) is 2.05. The van der Waals surface area contributed by atoms with Crippen LogP contribution in [0, 0.1) is 0 Å². The summed E-state index contributed by atoms with van der Waals surface area (Å²) in [5.41, 5.74) is 12.8.